The Kier molecular flexibility index (Phi) is 2.30. The molecular weight excluding hydrogens is 247 g/mol. The fraction of sp³-hybridized carbons (Fsp3) is 0. The van der Waals surface area contributed by atoms with Crippen molar-refractivity contribution in [1.82, 2.24) is 4.98 Å². The van der Waals surface area contributed by atoms with Crippen molar-refractivity contribution in [3.8, 4) is 0 Å². The third-order valence-electron chi connectivity index (χ3n) is 1.65. The van der Waals surface area contributed by atoms with Crippen molar-refractivity contribution in [2.75, 3.05) is 0 Å². The lowest BCUT2D eigenvalue weighted by atomic mass is 10.3. The van der Waals surface area contributed by atoms with Crippen molar-refractivity contribution in [2.45, 2.75) is 0 Å². The van der Waals surface area contributed by atoms with Crippen LogP contribution in [0.3, 0.4) is 0 Å². The molecule has 0 saturated heterocycles. The summed E-state index contributed by atoms with van der Waals surface area (Å²) in [5, 5.41) is 10.6. The molecule has 14 heavy (non-hydrogen) atoms. The molecule has 0 N–H and O–H groups in total. The standard InChI is InChI=1S/C7H2Cl2N2O2S/c8-5-4(11(12)13)2-1-3-6(5)14-7(9)10-3/h1-2H. The van der Waals surface area contributed by atoms with Gasteiger partial charge in [-0.3, -0.25) is 10.1 Å². The van der Waals surface area contributed by atoms with Gasteiger partial charge in [-0.25, -0.2) is 4.98 Å². The maximum absolute atomic E-state index is 10.5. The first-order valence-corrected chi connectivity index (χ1v) is 5.06. The van der Waals surface area contributed by atoms with Gasteiger partial charge in [0.25, 0.3) is 5.69 Å². The molecule has 2 rings (SSSR count). The van der Waals surface area contributed by atoms with Gasteiger partial charge in [-0.15, -0.1) is 11.3 Å². The minimum absolute atomic E-state index is 0.0944. The van der Waals surface area contributed by atoms with Gasteiger partial charge in [0.05, 0.1) is 15.1 Å². The van der Waals surface area contributed by atoms with Gasteiger partial charge in [0.2, 0.25) is 0 Å². The molecule has 0 fully saturated rings. The van der Waals surface area contributed by atoms with Crippen LogP contribution in [0.1, 0.15) is 0 Å². The van der Waals surface area contributed by atoms with Crippen molar-refractivity contribution in [3.63, 3.8) is 0 Å². The number of rotatable bonds is 1. The minimum Gasteiger partial charge on any atom is -0.258 e. The SMILES string of the molecule is O=[N+]([O-])c1ccc2nc(Cl)sc2c1Cl. The summed E-state index contributed by atoms with van der Waals surface area (Å²) in [4.78, 5) is 14.0. The van der Waals surface area contributed by atoms with E-state index in [1.165, 1.54) is 12.1 Å². The van der Waals surface area contributed by atoms with E-state index >= 15 is 0 Å². The Morgan fingerprint density at radius 3 is 2.79 bits per heavy atom. The van der Waals surface area contributed by atoms with Gasteiger partial charge in [0.15, 0.2) is 4.47 Å². The Balaban J connectivity index is 2.80. The molecule has 0 aliphatic carbocycles. The van der Waals surface area contributed by atoms with Gasteiger partial charge in [-0.05, 0) is 6.07 Å². The highest BCUT2D eigenvalue weighted by molar-refractivity contribution is 7.22. The van der Waals surface area contributed by atoms with Gasteiger partial charge >= 0.3 is 0 Å². The highest BCUT2D eigenvalue weighted by Crippen LogP contribution is 2.37. The number of benzene rings is 1. The predicted molar refractivity (Wildman–Crippen MR) is 56.3 cm³/mol. The molecular formula is C7H2Cl2N2O2S. The predicted octanol–water partition coefficient (Wildman–Crippen LogP) is 3.51. The van der Waals surface area contributed by atoms with Crippen LogP contribution >= 0.6 is 34.5 Å². The molecule has 1 aromatic carbocycles. The van der Waals surface area contributed by atoms with Crippen LogP contribution < -0.4 is 0 Å². The Hall–Kier alpha value is -0.910. The molecule has 72 valence electrons. The first-order chi connectivity index (χ1) is 6.59. The van der Waals surface area contributed by atoms with Crippen molar-refractivity contribution < 1.29 is 4.92 Å². The number of halogens is 2. The van der Waals surface area contributed by atoms with E-state index in [4.69, 9.17) is 23.2 Å². The van der Waals surface area contributed by atoms with Crippen LogP contribution in [0.4, 0.5) is 5.69 Å². The maximum atomic E-state index is 10.5. The molecule has 0 atom stereocenters. The van der Waals surface area contributed by atoms with Crippen LogP contribution in [0.15, 0.2) is 12.1 Å². The number of fused-ring (bicyclic) bond motifs is 1. The summed E-state index contributed by atoms with van der Waals surface area (Å²) in [6.45, 7) is 0. The second-order valence-corrected chi connectivity index (χ2v) is 4.43. The van der Waals surface area contributed by atoms with Crippen molar-refractivity contribution in [1.29, 1.82) is 0 Å². The molecule has 0 unspecified atom stereocenters. The fourth-order valence-electron chi connectivity index (χ4n) is 1.06. The number of thiazole rings is 1. The average Bonchev–Trinajstić information content (AvgIpc) is 2.46. The van der Waals surface area contributed by atoms with Crippen LogP contribution in [0, 0.1) is 10.1 Å². The number of hydrogen-bond donors (Lipinski definition) is 0. The molecule has 7 heteroatoms. The monoisotopic (exact) mass is 248 g/mol. The van der Waals surface area contributed by atoms with Crippen LogP contribution in [0.2, 0.25) is 9.49 Å². The van der Waals surface area contributed by atoms with E-state index in [9.17, 15) is 10.1 Å². The number of aromatic nitrogens is 1. The smallest absolute Gasteiger partial charge is 0.258 e. The summed E-state index contributed by atoms with van der Waals surface area (Å²) < 4.78 is 0.869. The summed E-state index contributed by atoms with van der Waals surface area (Å²) in [5.41, 5.74) is 0.454. The molecule has 0 radical (unpaired) electrons. The maximum Gasteiger partial charge on any atom is 0.289 e. The van der Waals surface area contributed by atoms with E-state index in [0.717, 1.165) is 11.3 Å². The van der Waals surface area contributed by atoms with E-state index < -0.39 is 4.92 Å². The van der Waals surface area contributed by atoms with E-state index in [0.29, 0.717) is 14.7 Å². The molecule has 0 spiro atoms. The Labute approximate surface area is 92.2 Å². The molecule has 0 aliphatic rings. The third-order valence-corrected chi connectivity index (χ3v) is 3.34. The quantitative estimate of drug-likeness (QED) is 0.573. The zero-order valence-electron chi connectivity index (χ0n) is 6.53. The molecule has 2 aromatic rings. The molecule has 0 bridgehead atoms. The molecule has 1 aromatic heterocycles. The zero-order chi connectivity index (χ0) is 10.3. The first kappa shape index (κ1) is 9.64. The topological polar surface area (TPSA) is 56.0 Å². The first-order valence-electron chi connectivity index (χ1n) is 3.48. The molecule has 0 saturated carbocycles. The number of nitrogens with zero attached hydrogens (tertiary/aromatic N) is 2. The van der Waals surface area contributed by atoms with E-state index in [2.05, 4.69) is 4.98 Å². The van der Waals surface area contributed by atoms with Gasteiger partial charge in [-0.1, -0.05) is 23.2 Å². The lowest BCUT2D eigenvalue weighted by molar-refractivity contribution is -0.384. The minimum atomic E-state index is -0.532. The summed E-state index contributed by atoms with van der Waals surface area (Å²) >= 11 is 12.6. The second kappa shape index (κ2) is 3.34. The van der Waals surface area contributed by atoms with Gasteiger partial charge in [0, 0.05) is 6.07 Å². The van der Waals surface area contributed by atoms with Crippen molar-refractivity contribution in [3.05, 3.63) is 31.7 Å². The summed E-state index contributed by atoms with van der Waals surface area (Å²) in [7, 11) is 0. The van der Waals surface area contributed by atoms with Gasteiger partial charge < -0.3 is 0 Å². The van der Waals surface area contributed by atoms with Crippen molar-refractivity contribution >= 4 is 50.4 Å². The highest BCUT2D eigenvalue weighted by atomic mass is 35.5. The van der Waals surface area contributed by atoms with Gasteiger partial charge in [0.1, 0.15) is 5.02 Å². The second-order valence-electron chi connectivity index (χ2n) is 2.47. The highest BCUT2D eigenvalue weighted by Gasteiger charge is 2.17. The molecule has 1 heterocycles. The molecule has 4 nitrogen and oxygen atoms in total. The van der Waals surface area contributed by atoms with Crippen LogP contribution in [0.5, 0.6) is 0 Å². The van der Waals surface area contributed by atoms with Crippen LogP contribution in [0.25, 0.3) is 10.2 Å². The Morgan fingerprint density at radius 1 is 1.43 bits per heavy atom. The number of hydrogen-bond acceptors (Lipinski definition) is 4. The van der Waals surface area contributed by atoms with Crippen LogP contribution in [-0.4, -0.2) is 9.91 Å². The lowest BCUT2D eigenvalue weighted by Crippen LogP contribution is -1.88. The lowest BCUT2D eigenvalue weighted by Gasteiger charge is -1.94. The normalized spacial score (nSPS) is 10.7. The van der Waals surface area contributed by atoms with Gasteiger partial charge in [-0.2, -0.15) is 0 Å². The van der Waals surface area contributed by atoms with Crippen LogP contribution in [-0.2, 0) is 0 Å². The van der Waals surface area contributed by atoms with E-state index in [1.807, 2.05) is 0 Å². The zero-order valence-corrected chi connectivity index (χ0v) is 8.86. The average molecular weight is 249 g/mol. The Morgan fingerprint density at radius 2 is 2.14 bits per heavy atom. The summed E-state index contributed by atoms with van der Waals surface area (Å²) in [6.07, 6.45) is 0. The Bertz CT molecular complexity index is 526. The largest absolute Gasteiger partial charge is 0.289 e. The number of nitro groups is 1. The summed E-state index contributed by atoms with van der Waals surface area (Å²) in [6, 6.07) is 2.85. The van der Waals surface area contributed by atoms with E-state index in [1.54, 1.807) is 0 Å². The van der Waals surface area contributed by atoms with E-state index in [-0.39, 0.29) is 10.7 Å². The number of nitro benzene ring substituents is 1. The third kappa shape index (κ3) is 1.43. The summed E-state index contributed by atoms with van der Waals surface area (Å²) in [5.74, 6) is 0. The van der Waals surface area contributed by atoms with Crippen molar-refractivity contribution in [2.24, 2.45) is 0 Å². The fourth-order valence-corrected chi connectivity index (χ4v) is 2.46. The molecule has 0 amide bonds. The molecule has 0 aliphatic heterocycles.